The van der Waals surface area contributed by atoms with Gasteiger partial charge in [-0.1, -0.05) is 25.1 Å². The maximum Gasteiger partial charge on any atom is 0.407 e. The standard InChI is InChI=1S/C33H44F2N4O6S/c1-3-26-18-22(15-16-45-26)30(21-9-11-23(34)12-10-21)31(38-33(41)44-2)32(40)37-29-8-4-7-28(35)27(29)14-13-25-19-36-24-6-5-17-46(42,43)39(25)20-24/h4,7-12,22,24-26,30-31,36H,3,5-6,13-20H2,1-2H3,(H,37,40)(H,38,41)/t22-,24+,25?,26-,30-,31-/m0/s1. The van der Waals surface area contributed by atoms with Gasteiger partial charge in [0.05, 0.1) is 19.0 Å². The average molecular weight is 663 g/mol. The lowest BCUT2D eigenvalue weighted by molar-refractivity contribution is -0.119. The van der Waals surface area contributed by atoms with E-state index in [0.717, 1.165) is 12.8 Å². The molecular formula is C33H44F2N4O6S. The molecule has 252 valence electrons. The summed E-state index contributed by atoms with van der Waals surface area (Å²) < 4.78 is 67.6. The quantitative estimate of drug-likeness (QED) is 0.346. The van der Waals surface area contributed by atoms with E-state index in [1.807, 2.05) is 6.92 Å². The van der Waals surface area contributed by atoms with Crippen molar-refractivity contribution in [3.8, 4) is 0 Å². The summed E-state index contributed by atoms with van der Waals surface area (Å²) in [5, 5.41) is 9.00. The predicted molar refractivity (Wildman–Crippen MR) is 170 cm³/mol. The lowest BCUT2D eigenvalue weighted by Gasteiger charge is -2.38. The zero-order valence-corrected chi connectivity index (χ0v) is 27.2. The summed E-state index contributed by atoms with van der Waals surface area (Å²) in [6, 6.07) is 8.88. The number of rotatable bonds is 10. The Kier molecular flexibility index (Phi) is 11.3. The van der Waals surface area contributed by atoms with Gasteiger partial charge in [-0.05, 0) is 80.7 Å². The third-order valence-electron chi connectivity index (χ3n) is 9.59. The molecule has 46 heavy (non-hydrogen) atoms. The van der Waals surface area contributed by atoms with Crippen molar-refractivity contribution >= 4 is 27.7 Å². The molecule has 2 unspecified atom stereocenters. The van der Waals surface area contributed by atoms with Crippen molar-refractivity contribution in [3.05, 3.63) is 65.2 Å². The number of carbonyl (C=O) groups excluding carboxylic acids is 2. The molecule has 13 heteroatoms. The minimum Gasteiger partial charge on any atom is -0.453 e. The number of hydrogen-bond acceptors (Lipinski definition) is 7. The second-order valence-corrected chi connectivity index (χ2v) is 14.5. The Hall–Kier alpha value is -3.13. The molecular weight excluding hydrogens is 618 g/mol. The number of ether oxygens (including phenoxy) is 2. The lowest BCUT2D eigenvalue weighted by Crippen LogP contribution is -2.57. The van der Waals surface area contributed by atoms with E-state index in [2.05, 4.69) is 16.0 Å². The van der Waals surface area contributed by atoms with E-state index < -0.39 is 45.6 Å². The van der Waals surface area contributed by atoms with E-state index in [1.165, 1.54) is 31.4 Å². The highest BCUT2D eigenvalue weighted by Crippen LogP contribution is 2.38. The van der Waals surface area contributed by atoms with Crippen LogP contribution in [0.25, 0.3) is 0 Å². The molecule has 2 aromatic carbocycles. The number of benzene rings is 2. The Balaban J connectivity index is 1.42. The molecule has 5 rings (SSSR count). The van der Waals surface area contributed by atoms with Gasteiger partial charge in [0.2, 0.25) is 15.9 Å². The van der Waals surface area contributed by atoms with E-state index in [-0.39, 0.29) is 47.5 Å². The van der Waals surface area contributed by atoms with Crippen LogP contribution in [-0.4, -0.2) is 81.5 Å². The second kappa shape index (κ2) is 15.2. The zero-order valence-electron chi connectivity index (χ0n) is 26.3. The molecule has 2 aromatic rings. The average Bonchev–Trinajstić information content (AvgIpc) is 3.16. The predicted octanol–water partition coefficient (Wildman–Crippen LogP) is 4.32. The molecule has 7 atom stereocenters. The molecule has 2 amide bonds. The molecule has 3 N–H and O–H groups in total. The van der Waals surface area contributed by atoms with Gasteiger partial charge in [0, 0.05) is 48.9 Å². The Morgan fingerprint density at radius 3 is 2.67 bits per heavy atom. The van der Waals surface area contributed by atoms with Crippen LogP contribution < -0.4 is 16.0 Å². The first kappa shape index (κ1) is 34.2. The number of sulfonamides is 1. The normalized spacial score (nSPS) is 27.1. The fourth-order valence-corrected chi connectivity index (χ4v) is 8.95. The summed E-state index contributed by atoms with van der Waals surface area (Å²) in [7, 11) is -2.22. The molecule has 3 heterocycles. The highest BCUT2D eigenvalue weighted by molar-refractivity contribution is 7.89. The number of alkyl carbamates (subject to hydrolysis) is 1. The molecule has 0 saturated carbocycles. The first-order valence-corrected chi connectivity index (χ1v) is 17.7. The number of piperazine rings is 1. The van der Waals surface area contributed by atoms with E-state index in [0.29, 0.717) is 50.9 Å². The Morgan fingerprint density at radius 2 is 1.93 bits per heavy atom. The summed E-state index contributed by atoms with van der Waals surface area (Å²) in [5.41, 5.74) is 1.15. The van der Waals surface area contributed by atoms with Gasteiger partial charge in [0.15, 0.2) is 0 Å². The third kappa shape index (κ3) is 8.04. The van der Waals surface area contributed by atoms with Crippen molar-refractivity contribution in [1.82, 2.24) is 14.9 Å². The first-order valence-electron chi connectivity index (χ1n) is 16.1. The summed E-state index contributed by atoms with van der Waals surface area (Å²) in [6.07, 6.45) is 3.10. The Morgan fingerprint density at radius 1 is 1.15 bits per heavy atom. The summed E-state index contributed by atoms with van der Waals surface area (Å²) in [6.45, 7) is 3.36. The van der Waals surface area contributed by atoms with Crippen molar-refractivity contribution in [3.63, 3.8) is 0 Å². The van der Waals surface area contributed by atoms with Gasteiger partial charge in [-0.3, -0.25) is 4.79 Å². The van der Waals surface area contributed by atoms with Crippen molar-refractivity contribution in [2.75, 3.05) is 37.9 Å². The molecule has 0 aliphatic carbocycles. The molecule has 3 saturated heterocycles. The number of halogens is 2. The number of methoxy groups -OCH3 is 1. The monoisotopic (exact) mass is 662 g/mol. The maximum atomic E-state index is 15.4. The van der Waals surface area contributed by atoms with Gasteiger partial charge < -0.3 is 25.4 Å². The number of anilines is 1. The van der Waals surface area contributed by atoms with Crippen LogP contribution in [0.2, 0.25) is 0 Å². The van der Waals surface area contributed by atoms with E-state index in [1.54, 1.807) is 22.5 Å². The van der Waals surface area contributed by atoms with Crippen LogP contribution in [0.4, 0.5) is 19.3 Å². The lowest BCUT2D eigenvalue weighted by atomic mass is 9.74. The zero-order chi connectivity index (χ0) is 32.8. The van der Waals surface area contributed by atoms with Crippen LogP contribution in [0.5, 0.6) is 0 Å². The minimum atomic E-state index is -3.42. The molecule has 10 nitrogen and oxygen atoms in total. The SMILES string of the molecule is CC[C@H]1C[C@@H]([C@H](c2ccc(F)cc2)[C@H](NC(=O)OC)C(=O)Nc2cccc(F)c2CCC2CN[C@@H]3CCCS(=O)(=O)N2C3)CCO1. The number of nitrogens with zero attached hydrogens (tertiary/aromatic N) is 1. The molecule has 0 spiro atoms. The largest absolute Gasteiger partial charge is 0.453 e. The fraction of sp³-hybridized carbons (Fsp3) is 0.576. The van der Waals surface area contributed by atoms with Crippen molar-refractivity contribution in [1.29, 1.82) is 0 Å². The number of carbonyl (C=O) groups is 2. The van der Waals surface area contributed by atoms with Gasteiger partial charge >= 0.3 is 6.09 Å². The number of hydrogen-bond donors (Lipinski definition) is 3. The number of nitrogens with one attached hydrogen (secondary N) is 3. The van der Waals surface area contributed by atoms with Crippen molar-refractivity contribution in [2.24, 2.45) is 5.92 Å². The van der Waals surface area contributed by atoms with Crippen LogP contribution in [0, 0.1) is 17.6 Å². The number of fused-ring (bicyclic) bond motifs is 2. The molecule has 3 aliphatic rings. The topological polar surface area (TPSA) is 126 Å². The van der Waals surface area contributed by atoms with Crippen LogP contribution in [0.3, 0.4) is 0 Å². The highest BCUT2D eigenvalue weighted by Gasteiger charge is 2.40. The smallest absolute Gasteiger partial charge is 0.407 e. The Bertz CT molecular complexity index is 1480. The van der Waals surface area contributed by atoms with Crippen molar-refractivity contribution < 1.29 is 36.3 Å². The maximum absolute atomic E-state index is 15.4. The van der Waals surface area contributed by atoms with E-state index >= 15 is 4.39 Å². The van der Waals surface area contributed by atoms with Gasteiger partial charge in [0.25, 0.3) is 0 Å². The molecule has 3 aliphatic heterocycles. The van der Waals surface area contributed by atoms with Gasteiger partial charge in [0.1, 0.15) is 17.7 Å². The van der Waals surface area contributed by atoms with Gasteiger partial charge in [-0.25, -0.2) is 22.0 Å². The fourth-order valence-electron chi connectivity index (χ4n) is 7.14. The second-order valence-electron chi connectivity index (χ2n) is 12.5. The van der Waals surface area contributed by atoms with Crippen LogP contribution in [-0.2, 0) is 30.7 Å². The van der Waals surface area contributed by atoms with Crippen LogP contribution in [0.1, 0.15) is 62.5 Å². The summed E-state index contributed by atoms with van der Waals surface area (Å²) in [4.78, 5) is 26.8. The van der Waals surface area contributed by atoms with Crippen LogP contribution in [0.15, 0.2) is 42.5 Å². The molecule has 3 fully saturated rings. The molecule has 0 aromatic heterocycles. The highest BCUT2D eigenvalue weighted by atomic mass is 32.2. The first-order chi connectivity index (χ1) is 22.1. The minimum absolute atomic E-state index is 0.0315. The third-order valence-corrected chi connectivity index (χ3v) is 11.6. The summed E-state index contributed by atoms with van der Waals surface area (Å²) >= 11 is 0. The van der Waals surface area contributed by atoms with E-state index in [9.17, 15) is 22.4 Å². The van der Waals surface area contributed by atoms with Crippen molar-refractivity contribution in [2.45, 2.75) is 82.0 Å². The van der Waals surface area contributed by atoms with Gasteiger partial charge in [-0.15, -0.1) is 0 Å². The Labute approximate surface area is 269 Å². The number of amides is 2. The van der Waals surface area contributed by atoms with Crippen LogP contribution >= 0.6 is 0 Å². The molecule has 0 radical (unpaired) electrons. The van der Waals surface area contributed by atoms with E-state index in [4.69, 9.17) is 9.47 Å². The molecule has 2 bridgehead atoms. The van der Waals surface area contributed by atoms with Gasteiger partial charge in [-0.2, -0.15) is 4.31 Å². The summed E-state index contributed by atoms with van der Waals surface area (Å²) in [5.74, 6) is -2.10.